The summed E-state index contributed by atoms with van der Waals surface area (Å²) in [7, 11) is -4.64. The first-order valence-electron chi connectivity index (χ1n) is 2.20. The number of hydrogen-bond donors (Lipinski definition) is 4. The highest BCUT2D eigenvalue weighted by atomic mass is 31.2. The lowest BCUT2D eigenvalue weighted by atomic mass is 10.5. The summed E-state index contributed by atoms with van der Waals surface area (Å²) in [6.45, 7) is 3.44. The van der Waals surface area contributed by atoms with Gasteiger partial charge in [-0.3, -0.25) is 0 Å². The Bertz CT molecular complexity index is 90.9. The Morgan fingerprint density at radius 2 is 1.09 bits per heavy atom. The summed E-state index contributed by atoms with van der Waals surface area (Å²) in [5.74, 6) is 0. The molecular formula is C3H17Al2O5P. The van der Waals surface area contributed by atoms with Gasteiger partial charge in [-0.2, -0.15) is 0 Å². The van der Waals surface area contributed by atoms with Gasteiger partial charge in [0, 0.05) is 6.10 Å². The molecule has 70 valence electrons. The minimum atomic E-state index is -4.64. The van der Waals surface area contributed by atoms with Crippen molar-refractivity contribution in [3.05, 3.63) is 0 Å². The van der Waals surface area contributed by atoms with Crippen LogP contribution < -0.4 is 0 Å². The summed E-state index contributed by atoms with van der Waals surface area (Å²) in [6, 6.07) is 0. The Morgan fingerprint density at radius 1 is 1.09 bits per heavy atom. The zero-order valence-corrected chi connectivity index (χ0v) is 6.12. The fraction of sp³-hybridized carbons (Fsp3) is 1.00. The van der Waals surface area contributed by atoms with Crippen LogP contribution in [0.4, 0.5) is 0 Å². The number of rotatable bonds is 0. The van der Waals surface area contributed by atoms with Crippen molar-refractivity contribution in [1.82, 2.24) is 0 Å². The summed E-state index contributed by atoms with van der Waals surface area (Å²) < 4.78 is 8.88. The van der Waals surface area contributed by atoms with E-state index < -0.39 is 7.82 Å². The molecule has 0 saturated carbocycles. The third-order valence-electron chi connectivity index (χ3n) is 0. The summed E-state index contributed by atoms with van der Waals surface area (Å²) >= 11 is 0. The first kappa shape index (κ1) is 22.7. The lowest BCUT2D eigenvalue weighted by molar-refractivity contribution is 0.216. The molecule has 0 rings (SSSR count). The van der Waals surface area contributed by atoms with E-state index in [0.717, 1.165) is 0 Å². The monoisotopic (exact) mass is 218 g/mol. The van der Waals surface area contributed by atoms with Crippen LogP contribution in [0.15, 0.2) is 0 Å². The molecule has 0 aromatic heterocycles. The van der Waals surface area contributed by atoms with Crippen molar-refractivity contribution in [2.24, 2.45) is 0 Å². The third-order valence-corrected chi connectivity index (χ3v) is 0. The quantitative estimate of drug-likeness (QED) is 0.258. The topological polar surface area (TPSA) is 98.0 Å². The van der Waals surface area contributed by atoms with E-state index in [1.807, 2.05) is 0 Å². The van der Waals surface area contributed by atoms with Crippen LogP contribution in [-0.2, 0) is 4.57 Å². The first-order valence-corrected chi connectivity index (χ1v) is 3.76. The van der Waals surface area contributed by atoms with Crippen molar-refractivity contribution >= 4 is 42.5 Å². The van der Waals surface area contributed by atoms with Gasteiger partial charge in [0.25, 0.3) is 0 Å². The van der Waals surface area contributed by atoms with Crippen molar-refractivity contribution in [1.29, 1.82) is 0 Å². The van der Waals surface area contributed by atoms with Crippen molar-refractivity contribution in [2.45, 2.75) is 20.0 Å². The molecule has 5 nitrogen and oxygen atoms in total. The lowest BCUT2D eigenvalue weighted by Crippen LogP contribution is -1.85. The van der Waals surface area contributed by atoms with Crippen molar-refractivity contribution in [2.75, 3.05) is 0 Å². The molecule has 0 aromatic rings. The van der Waals surface area contributed by atoms with E-state index in [9.17, 15) is 0 Å². The minimum absolute atomic E-state index is 0. The molecule has 0 aliphatic heterocycles. The van der Waals surface area contributed by atoms with Gasteiger partial charge in [0.2, 0.25) is 0 Å². The largest absolute Gasteiger partial charge is 0.466 e. The van der Waals surface area contributed by atoms with Crippen LogP contribution in [0.3, 0.4) is 0 Å². The van der Waals surface area contributed by atoms with Crippen LogP contribution in [-0.4, -0.2) is 60.6 Å². The standard InChI is InChI=1S/C3H8O.2Al.H3O4P.6H/c1-3(2)4;;;1-5(2,3)4;;;;;;/h3-4H,1-2H3;;;(H3,1,2,3,4);;;;;;. The van der Waals surface area contributed by atoms with Gasteiger partial charge < -0.3 is 19.8 Å². The molecule has 0 heterocycles. The Morgan fingerprint density at radius 3 is 1.09 bits per heavy atom. The Hall–Kier alpha value is 1.13. The van der Waals surface area contributed by atoms with E-state index in [1.165, 1.54) is 0 Å². The van der Waals surface area contributed by atoms with Gasteiger partial charge in [0.05, 0.1) is 0 Å². The van der Waals surface area contributed by atoms with Crippen molar-refractivity contribution in [3.63, 3.8) is 0 Å². The molecule has 4 N–H and O–H groups in total. The van der Waals surface area contributed by atoms with Crippen molar-refractivity contribution in [3.8, 4) is 0 Å². The maximum atomic E-state index is 8.88. The Labute approximate surface area is 86.9 Å². The second kappa shape index (κ2) is 11.1. The zero-order chi connectivity index (χ0) is 8.08. The Balaban J connectivity index is -0.0000000383. The second-order valence-corrected chi connectivity index (χ2v) is 2.63. The molecule has 8 heteroatoms. The molecule has 0 radical (unpaired) electrons. The van der Waals surface area contributed by atoms with Crippen LogP contribution in [0.1, 0.15) is 13.8 Å². The number of hydrogen-bond acceptors (Lipinski definition) is 2. The fourth-order valence-corrected chi connectivity index (χ4v) is 0. The van der Waals surface area contributed by atoms with Crippen LogP contribution in [0, 0.1) is 0 Å². The lowest BCUT2D eigenvalue weighted by Gasteiger charge is -1.82. The number of aliphatic hydroxyl groups is 1. The fourth-order valence-electron chi connectivity index (χ4n) is 0. The van der Waals surface area contributed by atoms with E-state index in [0.29, 0.717) is 0 Å². The average Bonchev–Trinajstić information content (AvgIpc) is 1.19. The molecule has 0 fully saturated rings. The maximum absolute atomic E-state index is 8.88. The number of phosphoric acid groups is 1. The molecule has 0 bridgehead atoms. The van der Waals surface area contributed by atoms with Gasteiger partial charge in [-0.25, -0.2) is 4.57 Å². The summed E-state index contributed by atoms with van der Waals surface area (Å²) in [5.41, 5.74) is 0. The molecule has 0 amide bonds. The molecule has 11 heavy (non-hydrogen) atoms. The predicted molar refractivity (Wildman–Crippen MR) is 51.5 cm³/mol. The first-order chi connectivity index (χ1) is 3.73. The van der Waals surface area contributed by atoms with Gasteiger partial charge in [-0.15, -0.1) is 0 Å². The zero-order valence-electron chi connectivity index (χ0n) is 5.22. The second-order valence-electron chi connectivity index (χ2n) is 1.61. The van der Waals surface area contributed by atoms with Gasteiger partial charge >= 0.3 is 7.82 Å². The molecule has 0 aromatic carbocycles. The maximum Gasteiger partial charge on any atom is 0.466 e. The highest BCUT2D eigenvalue weighted by Crippen LogP contribution is 2.25. The summed E-state index contributed by atoms with van der Waals surface area (Å²) in [4.78, 5) is 21.6. The van der Waals surface area contributed by atoms with Crippen molar-refractivity contribution < 1.29 is 24.4 Å². The molecule has 0 spiro atoms. The van der Waals surface area contributed by atoms with Crippen LogP contribution in [0.25, 0.3) is 0 Å². The van der Waals surface area contributed by atoms with E-state index in [2.05, 4.69) is 0 Å². The molecule has 0 saturated heterocycles. The van der Waals surface area contributed by atoms with E-state index in [4.69, 9.17) is 24.4 Å². The molecular weight excluding hydrogens is 201 g/mol. The normalized spacial score (nSPS) is 8.64. The van der Waals surface area contributed by atoms with Gasteiger partial charge in [0.1, 0.15) is 0 Å². The predicted octanol–water partition coefficient (Wildman–Crippen LogP) is -2.91. The van der Waals surface area contributed by atoms with E-state index in [1.54, 1.807) is 13.8 Å². The molecule has 0 aliphatic carbocycles. The highest BCUT2D eigenvalue weighted by Gasteiger charge is 2.00. The SMILES string of the molecule is CC(C)O.O=P(O)(O)O.[AlH3].[AlH3]. The van der Waals surface area contributed by atoms with Crippen LogP contribution in [0.5, 0.6) is 0 Å². The average molecular weight is 218 g/mol. The third kappa shape index (κ3) is 721. The number of aliphatic hydroxyl groups excluding tert-OH is 1. The van der Waals surface area contributed by atoms with E-state index >= 15 is 0 Å². The van der Waals surface area contributed by atoms with Gasteiger partial charge in [-0.1, -0.05) is 0 Å². The molecule has 0 atom stereocenters. The summed E-state index contributed by atoms with van der Waals surface area (Å²) in [6.07, 6.45) is -0.167. The highest BCUT2D eigenvalue weighted by molar-refractivity contribution is 7.45. The molecule has 0 aliphatic rings. The van der Waals surface area contributed by atoms with E-state index in [-0.39, 0.29) is 40.8 Å². The minimum Gasteiger partial charge on any atom is -0.394 e. The van der Waals surface area contributed by atoms with Gasteiger partial charge in [0.15, 0.2) is 34.7 Å². The van der Waals surface area contributed by atoms with Gasteiger partial charge in [-0.05, 0) is 13.8 Å². The molecule has 0 unspecified atom stereocenters. The smallest absolute Gasteiger partial charge is 0.394 e. The summed E-state index contributed by atoms with van der Waals surface area (Å²) in [5, 5.41) is 8.06. The Kier molecular flexibility index (Phi) is 23.0. The van der Waals surface area contributed by atoms with Crippen LogP contribution >= 0.6 is 7.82 Å². The van der Waals surface area contributed by atoms with Crippen LogP contribution in [0.2, 0.25) is 0 Å².